The van der Waals surface area contributed by atoms with Gasteiger partial charge in [-0.15, -0.1) is 0 Å². The molecule has 1 heterocycles. The number of rotatable bonds is 9. The number of ether oxygens (including phenoxy) is 1. The van der Waals surface area contributed by atoms with Crippen LogP contribution in [0.5, 0.6) is 0 Å². The highest BCUT2D eigenvalue weighted by Gasteiger charge is 2.32. The smallest absolute Gasteiger partial charge is 0.281 e. The number of carbonyl (C=O) groups is 1. The van der Waals surface area contributed by atoms with Crippen LogP contribution in [0.15, 0.2) is 30.3 Å². The third-order valence-electron chi connectivity index (χ3n) is 4.49. The first-order chi connectivity index (χ1) is 12.4. The molecule has 146 valence electrons. The quantitative estimate of drug-likeness (QED) is 0.691. The fourth-order valence-electron chi connectivity index (χ4n) is 2.97. The van der Waals surface area contributed by atoms with E-state index in [-0.39, 0.29) is 18.5 Å². The molecule has 7 nitrogen and oxygen atoms in total. The number of hydrogen-bond donors (Lipinski definition) is 1. The summed E-state index contributed by atoms with van der Waals surface area (Å²) in [6.45, 7) is 1.70. The normalized spacial score (nSPS) is 16.2. The third-order valence-corrected chi connectivity index (χ3v) is 6.49. The van der Waals surface area contributed by atoms with Crippen LogP contribution >= 0.6 is 0 Å². The first-order valence-corrected chi connectivity index (χ1v) is 10.4. The van der Waals surface area contributed by atoms with Crippen molar-refractivity contribution in [3.05, 3.63) is 35.9 Å². The minimum Gasteiger partial charge on any atom is -0.381 e. The number of nitrogens with zero attached hydrogens (tertiary/aromatic N) is 2. The molecular formula is C18H29N3O4S. The van der Waals surface area contributed by atoms with Crippen molar-refractivity contribution in [2.45, 2.75) is 31.7 Å². The summed E-state index contributed by atoms with van der Waals surface area (Å²) >= 11 is 0. The molecule has 1 aromatic carbocycles. The molecule has 1 aliphatic heterocycles. The van der Waals surface area contributed by atoms with Gasteiger partial charge in [-0.25, -0.2) is 0 Å². The van der Waals surface area contributed by atoms with Gasteiger partial charge >= 0.3 is 0 Å². The monoisotopic (exact) mass is 383 g/mol. The highest BCUT2D eigenvalue weighted by Crippen LogP contribution is 2.19. The van der Waals surface area contributed by atoms with Gasteiger partial charge in [0.15, 0.2) is 0 Å². The van der Waals surface area contributed by atoms with Crippen molar-refractivity contribution < 1.29 is 17.9 Å². The predicted molar refractivity (Wildman–Crippen MR) is 101 cm³/mol. The number of amides is 1. The zero-order valence-corrected chi connectivity index (χ0v) is 16.4. The summed E-state index contributed by atoms with van der Waals surface area (Å²) in [4.78, 5) is 12.0. The second kappa shape index (κ2) is 10.0. The standard InChI is InChI=1S/C18H29N3O4S/c1-20(2)26(23,24)21(17-10-14-25-15-11-17)13-12-19-18(22)9-8-16-6-4-3-5-7-16/h3-7,17H,8-15H2,1-2H3,(H,19,22). The minimum atomic E-state index is -3.53. The molecule has 26 heavy (non-hydrogen) atoms. The van der Waals surface area contributed by atoms with E-state index >= 15 is 0 Å². The van der Waals surface area contributed by atoms with Gasteiger partial charge in [0.25, 0.3) is 10.2 Å². The summed E-state index contributed by atoms with van der Waals surface area (Å²) in [5.41, 5.74) is 1.11. The molecule has 1 N–H and O–H groups in total. The summed E-state index contributed by atoms with van der Waals surface area (Å²) in [6.07, 6.45) is 2.41. The van der Waals surface area contributed by atoms with E-state index in [1.807, 2.05) is 30.3 Å². The van der Waals surface area contributed by atoms with Crippen LogP contribution in [-0.2, 0) is 26.2 Å². The molecule has 2 rings (SSSR count). The highest BCUT2D eigenvalue weighted by molar-refractivity contribution is 7.86. The second-order valence-corrected chi connectivity index (χ2v) is 8.67. The van der Waals surface area contributed by atoms with Crippen molar-refractivity contribution in [3.8, 4) is 0 Å². The second-order valence-electron chi connectivity index (χ2n) is 6.58. The van der Waals surface area contributed by atoms with E-state index in [1.165, 1.54) is 22.7 Å². The number of aryl methyl sites for hydroxylation is 1. The molecule has 0 radical (unpaired) electrons. The molecule has 0 bridgehead atoms. The van der Waals surface area contributed by atoms with Gasteiger partial charge < -0.3 is 10.1 Å². The number of carbonyl (C=O) groups excluding carboxylic acids is 1. The average Bonchev–Trinajstić information content (AvgIpc) is 2.64. The largest absolute Gasteiger partial charge is 0.381 e. The van der Waals surface area contributed by atoms with Crippen molar-refractivity contribution in [2.75, 3.05) is 40.4 Å². The lowest BCUT2D eigenvalue weighted by Gasteiger charge is -2.34. The Labute approximate surface area is 156 Å². The van der Waals surface area contributed by atoms with Gasteiger partial charge in [0, 0.05) is 52.9 Å². The summed E-state index contributed by atoms with van der Waals surface area (Å²) in [6, 6.07) is 9.74. The lowest BCUT2D eigenvalue weighted by atomic mass is 10.1. The Kier molecular flexibility index (Phi) is 8.02. The molecular weight excluding hydrogens is 354 g/mol. The molecule has 8 heteroatoms. The Balaban J connectivity index is 1.85. The first-order valence-electron chi connectivity index (χ1n) is 8.99. The van der Waals surface area contributed by atoms with Crippen LogP contribution in [0.2, 0.25) is 0 Å². The number of benzene rings is 1. The Morgan fingerprint density at radius 3 is 2.46 bits per heavy atom. The molecule has 1 aliphatic rings. The van der Waals surface area contributed by atoms with E-state index in [0.29, 0.717) is 45.4 Å². The number of nitrogens with one attached hydrogen (secondary N) is 1. The molecule has 1 amide bonds. The first kappa shape index (κ1) is 20.8. The van der Waals surface area contributed by atoms with Crippen LogP contribution in [0.3, 0.4) is 0 Å². The maximum absolute atomic E-state index is 12.6. The van der Waals surface area contributed by atoms with Crippen LogP contribution in [0.25, 0.3) is 0 Å². The zero-order chi connectivity index (χ0) is 19.0. The van der Waals surface area contributed by atoms with E-state index in [9.17, 15) is 13.2 Å². The van der Waals surface area contributed by atoms with Gasteiger partial charge in [-0.3, -0.25) is 4.79 Å². The molecule has 0 saturated carbocycles. The van der Waals surface area contributed by atoms with Gasteiger partial charge in [0.05, 0.1) is 0 Å². The molecule has 0 aliphatic carbocycles. The highest BCUT2D eigenvalue weighted by atomic mass is 32.2. The topological polar surface area (TPSA) is 79.0 Å². The van der Waals surface area contributed by atoms with Gasteiger partial charge in [0.2, 0.25) is 5.91 Å². The van der Waals surface area contributed by atoms with Gasteiger partial charge in [-0.2, -0.15) is 17.0 Å². The van der Waals surface area contributed by atoms with Crippen LogP contribution in [0.1, 0.15) is 24.8 Å². The lowest BCUT2D eigenvalue weighted by molar-refractivity contribution is -0.121. The van der Waals surface area contributed by atoms with E-state index in [0.717, 1.165) is 5.56 Å². The molecule has 1 aromatic rings. The van der Waals surface area contributed by atoms with E-state index in [2.05, 4.69) is 5.32 Å². The van der Waals surface area contributed by atoms with E-state index in [4.69, 9.17) is 4.74 Å². The fourth-order valence-corrected chi connectivity index (χ4v) is 4.29. The fraction of sp³-hybridized carbons (Fsp3) is 0.611. The van der Waals surface area contributed by atoms with Crippen molar-refractivity contribution >= 4 is 16.1 Å². The molecule has 0 aromatic heterocycles. The average molecular weight is 384 g/mol. The Morgan fingerprint density at radius 2 is 1.85 bits per heavy atom. The van der Waals surface area contributed by atoms with Gasteiger partial charge in [-0.1, -0.05) is 30.3 Å². The zero-order valence-electron chi connectivity index (χ0n) is 15.6. The maximum Gasteiger partial charge on any atom is 0.281 e. The molecule has 0 spiro atoms. The van der Waals surface area contributed by atoms with Crippen molar-refractivity contribution in [3.63, 3.8) is 0 Å². The predicted octanol–water partition coefficient (Wildman–Crippen LogP) is 1.02. The molecule has 0 atom stereocenters. The minimum absolute atomic E-state index is 0.0666. The van der Waals surface area contributed by atoms with E-state index < -0.39 is 10.2 Å². The van der Waals surface area contributed by atoms with Crippen LogP contribution in [-0.4, -0.2) is 69.4 Å². The molecule has 1 saturated heterocycles. The molecule has 0 unspecified atom stereocenters. The lowest BCUT2D eigenvalue weighted by Crippen LogP contribution is -2.50. The maximum atomic E-state index is 12.6. The Hall–Kier alpha value is -1.48. The summed E-state index contributed by atoms with van der Waals surface area (Å²) in [5.74, 6) is -0.0666. The van der Waals surface area contributed by atoms with Crippen LogP contribution in [0.4, 0.5) is 0 Å². The van der Waals surface area contributed by atoms with Crippen LogP contribution in [0, 0.1) is 0 Å². The Morgan fingerprint density at radius 1 is 1.19 bits per heavy atom. The van der Waals surface area contributed by atoms with Crippen LogP contribution < -0.4 is 5.32 Å². The van der Waals surface area contributed by atoms with Gasteiger partial charge in [0.1, 0.15) is 0 Å². The molecule has 1 fully saturated rings. The van der Waals surface area contributed by atoms with Crippen molar-refractivity contribution in [2.24, 2.45) is 0 Å². The number of hydrogen-bond acceptors (Lipinski definition) is 4. The summed E-state index contributed by atoms with van der Waals surface area (Å²) in [7, 11) is -0.476. The van der Waals surface area contributed by atoms with Crippen molar-refractivity contribution in [1.29, 1.82) is 0 Å². The van der Waals surface area contributed by atoms with E-state index in [1.54, 1.807) is 0 Å². The third kappa shape index (κ3) is 6.05. The summed E-state index contributed by atoms with van der Waals surface area (Å²) in [5, 5.41) is 2.84. The van der Waals surface area contributed by atoms with Crippen molar-refractivity contribution in [1.82, 2.24) is 13.9 Å². The Bertz CT molecular complexity index is 658. The van der Waals surface area contributed by atoms with Gasteiger partial charge in [-0.05, 0) is 24.8 Å². The summed E-state index contributed by atoms with van der Waals surface area (Å²) < 4.78 is 33.3. The SMILES string of the molecule is CN(C)S(=O)(=O)N(CCNC(=O)CCc1ccccc1)C1CCOCC1.